The molecule has 0 spiro atoms. The van der Waals surface area contributed by atoms with Crippen LogP contribution in [0.25, 0.3) is 0 Å². The summed E-state index contributed by atoms with van der Waals surface area (Å²) in [6.45, 7) is 25.3. The Morgan fingerprint density at radius 1 is 0.600 bits per heavy atom. The van der Waals surface area contributed by atoms with Crippen molar-refractivity contribution in [2.45, 2.75) is 86.0 Å². The van der Waals surface area contributed by atoms with Gasteiger partial charge in [0.25, 0.3) is 0 Å². The number of anilines is 2. The molecule has 0 saturated heterocycles. The quantitative estimate of drug-likeness (QED) is 0.224. The molecule has 4 rings (SSSR count). The molecule has 0 radical (unpaired) electrons. The predicted molar refractivity (Wildman–Crippen MR) is 178 cm³/mol. The van der Waals surface area contributed by atoms with E-state index in [0.29, 0.717) is 23.7 Å². The van der Waals surface area contributed by atoms with Gasteiger partial charge in [0.05, 0.1) is 0 Å². The number of nitrogens with zero attached hydrogens (tertiary/aromatic N) is 2. The molecule has 0 N–H and O–H groups in total. The van der Waals surface area contributed by atoms with Crippen LogP contribution in [0.1, 0.15) is 114 Å². The highest BCUT2D eigenvalue weighted by Crippen LogP contribution is 2.44. The van der Waals surface area contributed by atoms with Crippen molar-refractivity contribution in [1.82, 2.24) is 0 Å². The SMILES string of the molecule is C=C1C=C(C)N(c2c(C(C)C)cccc2C(C)C)[SiH](C#Cc2ccccc2)N1c1c(C(C)C)cccc1C(C)C. The molecule has 2 nitrogen and oxygen atoms in total. The Hall–Kier alpha value is -3.48. The van der Waals surface area contributed by atoms with E-state index in [4.69, 9.17) is 0 Å². The fraction of sp³-hybridized carbons (Fsp3) is 0.351. The molecule has 1 heterocycles. The zero-order valence-electron chi connectivity index (χ0n) is 25.9. The van der Waals surface area contributed by atoms with E-state index in [1.54, 1.807) is 0 Å². The minimum absolute atomic E-state index is 0.382. The monoisotopic (exact) mass is 546 g/mol. The molecule has 208 valence electrons. The number of hydrogen-bond acceptors (Lipinski definition) is 2. The van der Waals surface area contributed by atoms with Crippen LogP contribution in [-0.4, -0.2) is 9.12 Å². The molecule has 0 aromatic heterocycles. The minimum atomic E-state index is -2.23. The van der Waals surface area contributed by atoms with Crippen molar-refractivity contribution in [3.63, 3.8) is 0 Å². The highest BCUT2D eigenvalue weighted by molar-refractivity contribution is 6.77. The van der Waals surface area contributed by atoms with Crippen LogP contribution in [0.15, 0.2) is 90.8 Å². The van der Waals surface area contributed by atoms with Crippen molar-refractivity contribution in [3.8, 4) is 11.5 Å². The third-order valence-electron chi connectivity index (χ3n) is 7.84. The molecule has 0 fully saturated rings. The second-order valence-electron chi connectivity index (χ2n) is 12.2. The van der Waals surface area contributed by atoms with Gasteiger partial charge in [0.2, 0.25) is 0 Å². The summed E-state index contributed by atoms with van der Waals surface area (Å²) in [6, 6.07) is 24.1. The van der Waals surface area contributed by atoms with Gasteiger partial charge in [-0.05, 0) is 71.1 Å². The predicted octanol–water partition coefficient (Wildman–Crippen LogP) is 9.74. The van der Waals surface area contributed by atoms with Crippen molar-refractivity contribution in [2.75, 3.05) is 9.13 Å². The van der Waals surface area contributed by atoms with E-state index in [0.717, 1.165) is 11.3 Å². The van der Waals surface area contributed by atoms with Gasteiger partial charge in [-0.1, -0.05) is 128 Å². The van der Waals surface area contributed by atoms with Crippen molar-refractivity contribution in [2.24, 2.45) is 0 Å². The Morgan fingerprint density at radius 2 is 1.02 bits per heavy atom. The van der Waals surface area contributed by atoms with Gasteiger partial charge < -0.3 is 9.13 Å². The summed E-state index contributed by atoms with van der Waals surface area (Å²) in [5.41, 5.74) is 15.3. The molecule has 1 aliphatic heterocycles. The summed E-state index contributed by atoms with van der Waals surface area (Å²) in [5.74, 6) is 5.16. The van der Waals surface area contributed by atoms with Crippen molar-refractivity contribution in [1.29, 1.82) is 0 Å². The fourth-order valence-electron chi connectivity index (χ4n) is 5.79. The summed E-state index contributed by atoms with van der Waals surface area (Å²) in [6.07, 6.45) is 2.27. The van der Waals surface area contributed by atoms with Gasteiger partial charge in [-0.3, -0.25) is 0 Å². The maximum Gasteiger partial charge on any atom is 0.340 e. The number of hydrogen-bond donors (Lipinski definition) is 0. The van der Waals surface area contributed by atoms with Gasteiger partial charge >= 0.3 is 9.12 Å². The second kappa shape index (κ2) is 12.4. The summed E-state index contributed by atoms with van der Waals surface area (Å²) >= 11 is 0. The van der Waals surface area contributed by atoms with E-state index in [9.17, 15) is 0 Å². The van der Waals surface area contributed by atoms with Crippen LogP contribution in [0.5, 0.6) is 0 Å². The molecule has 3 aromatic carbocycles. The Kier molecular flexibility index (Phi) is 9.11. The van der Waals surface area contributed by atoms with Gasteiger partial charge in [-0.25, -0.2) is 0 Å². The van der Waals surface area contributed by atoms with Crippen molar-refractivity contribution >= 4 is 20.5 Å². The highest BCUT2D eigenvalue weighted by atomic mass is 28.3. The van der Waals surface area contributed by atoms with Crippen molar-refractivity contribution < 1.29 is 0 Å². The number of allylic oxidation sites excluding steroid dienone is 2. The number of para-hydroxylation sites is 2. The third-order valence-corrected chi connectivity index (χ3v) is 10.5. The third kappa shape index (κ3) is 5.84. The maximum atomic E-state index is 4.66. The van der Waals surface area contributed by atoms with Crippen LogP contribution in [-0.2, 0) is 0 Å². The van der Waals surface area contributed by atoms with Gasteiger partial charge in [0.1, 0.15) is 0 Å². The summed E-state index contributed by atoms with van der Waals surface area (Å²) in [4.78, 5) is 0. The molecule has 1 atom stereocenters. The largest absolute Gasteiger partial charge is 0.346 e. The Labute approximate surface area is 245 Å². The van der Waals surface area contributed by atoms with E-state index in [1.165, 1.54) is 39.3 Å². The lowest BCUT2D eigenvalue weighted by Crippen LogP contribution is -2.55. The molecule has 40 heavy (non-hydrogen) atoms. The highest BCUT2D eigenvalue weighted by Gasteiger charge is 2.38. The van der Waals surface area contributed by atoms with Crippen molar-refractivity contribution in [3.05, 3.63) is 119 Å². The zero-order valence-corrected chi connectivity index (χ0v) is 27.1. The van der Waals surface area contributed by atoms with Gasteiger partial charge in [0, 0.05) is 28.3 Å². The molecular formula is C37H46N2Si. The van der Waals surface area contributed by atoms with E-state index in [1.807, 2.05) is 0 Å². The Morgan fingerprint density at radius 3 is 1.45 bits per heavy atom. The fourth-order valence-corrected chi connectivity index (χ4v) is 8.51. The van der Waals surface area contributed by atoms with Gasteiger partial charge in [-0.15, -0.1) is 0 Å². The molecule has 0 amide bonds. The van der Waals surface area contributed by atoms with E-state index < -0.39 is 9.12 Å². The first kappa shape index (κ1) is 29.5. The van der Waals surface area contributed by atoms with E-state index >= 15 is 0 Å². The molecule has 1 unspecified atom stereocenters. The van der Waals surface area contributed by atoms with Crippen LogP contribution in [0.2, 0.25) is 0 Å². The molecular weight excluding hydrogens is 501 g/mol. The lowest BCUT2D eigenvalue weighted by Gasteiger charge is -2.46. The maximum absolute atomic E-state index is 4.66. The summed E-state index contributed by atoms with van der Waals surface area (Å²) in [7, 11) is -2.23. The van der Waals surface area contributed by atoms with E-state index in [2.05, 4.69) is 162 Å². The molecule has 3 aromatic rings. The number of rotatable bonds is 6. The first-order valence-electron chi connectivity index (χ1n) is 14.8. The Balaban J connectivity index is 2.09. The van der Waals surface area contributed by atoms with Crippen LogP contribution in [0, 0.1) is 11.5 Å². The average molecular weight is 547 g/mol. The van der Waals surface area contributed by atoms with Crippen LogP contribution >= 0.6 is 0 Å². The lowest BCUT2D eigenvalue weighted by atomic mass is 9.92. The molecule has 0 aliphatic carbocycles. The topological polar surface area (TPSA) is 6.48 Å². The average Bonchev–Trinajstić information content (AvgIpc) is 2.91. The second-order valence-corrected chi connectivity index (χ2v) is 14.3. The zero-order chi connectivity index (χ0) is 29.1. The number of benzene rings is 3. The molecule has 0 bridgehead atoms. The summed E-state index contributed by atoms with van der Waals surface area (Å²) < 4.78 is 5.17. The standard InChI is InChI=1S/C37H46N2Si/c1-25(2)32-18-14-19-33(26(3)4)36(32)38-29(9)24-30(10)39(40(38)23-22-31-16-12-11-13-17-31)37-34(27(5)6)20-15-21-35(37)28(7)8/h11-21,24-28,40H,9H2,1-8,10H3. The Bertz CT molecular complexity index is 1400. The van der Waals surface area contributed by atoms with Crippen LogP contribution in [0.3, 0.4) is 0 Å². The molecule has 1 aliphatic rings. The first-order chi connectivity index (χ1) is 19.0. The molecule has 3 heteroatoms. The van der Waals surface area contributed by atoms with Gasteiger partial charge in [-0.2, -0.15) is 0 Å². The van der Waals surface area contributed by atoms with Gasteiger partial charge in [0.15, 0.2) is 0 Å². The van der Waals surface area contributed by atoms with Crippen LogP contribution < -0.4 is 9.13 Å². The minimum Gasteiger partial charge on any atom is -0.346 e. The van der Waals surface area contributed by atoms with Crippen LogP contribution in [0.4, 0.5) is 11.4 Å². The lowest BCUT2D eigenvalue weighted by molar-refractivity contribution is 0.824. The summed E-state index contributed by atoms with van der Waals surface area (Å²) in [5, 5.41) is 0. The first-order valence-corrected chi connectivity index (χ1v) is 16.4. The molecule has 0 saturated carbocycles. The van der Waals surface area contributed by atoms with E-state index in [-0.39, 0.29) is 0 Å². The normalized spacial score (nSPS) is 15.7. The smallest absolute Gasteiger partial charge is 0.340 e.